The van der Waals surface area contributed by atoms with E-state index in [1.807, 2.05) is 30.3 Å². The standard InChI is InChI=1S/C39H43N7O4/c40-38-29(23-32(43-44-38)28-5-1-2-10-35(28)47)31-8-4-7-30(41-31)25-17-19-45(20-18-25)26-13-11-24(12-14-26)27-6-3-9-33-37(27)50-22-21-46(33)34-15-16-36(48)42-39(34)49/h1-10,23-26,34,47H,11-22H2,(H2,40,44)(H,42,48,49)/t24?,26?,34-/m0/s1. The van der Waals surface area contributed by atoms with Crippen molar-refractivity contribution < 1.29 is 19.4 Å². The molecule has 0 spiro atoms. The van der Waals surface area contributed by atoms with Gasteiger partial charge in [-0.25, -0.2) is 0 Å². The van der Waals surface area contributed by atoms with Gasteiger partial charge in [0.25, 0.3) is 0 Å². The fourth-order valence-corrected chi connectivity index (χ4v) is 8.49. The molecule has 1 atom stereocenters. The van der Waals surface area contributed by atoms with E-state index in [9.17, 15) is 14.7 Å². The Balaban J connectivity index is 0.897. The minimum absolute atomic E-state index is 0.144. The predicted molar refractivity (Wildman–Crippen MR) is 191 cm³/mol. The molecule has 4 aliphatic rings. The Bertz CT molecular complexity index is 1900. The van der Waals surface area contributed by atoms with Crippen molar-refractivity contribution >= 4 is 23.3 Å². The fourth-order valence-electron chi connectivity index (χ4n) is 8.49. The first kappa shape index (κ1) is 32.2. The Hall–Kier alpha value is -5.03. The van der Waals surface area contributed by atoms with Gasteiger partial charge in [0.1, 0.15) is 24.1 Å². The van der Waals surface area contributed by atoms with Crippen molar-refractivity contribution in [2.24, 2.45) is 0 Å². The highest BCUT2D eigenvalue weighted by atomic mass is 16.5. The van der Waals surface area contributed by atoms with Crippen molar-refractivity contribution in [1.29, 1.82) is 0 Å². The first-order chi connectivity index (χ1) is 24.4. The molecule has 3 aliphatic heterocycles. The van der Waals surface area contributed by atoms with E-state index >= 15 is 0 Å². The maximum atomic E-state index is 12.7. The van der Waals surface area contributed by atoms with Crippen molar-refractivity contribution in [2.75, 3.05) is 36.9 Å². The van der Waals surface area contributed by atoms with Gasteiger partial charge in [-0.2, -0.15) is 0 Å². The van der Waals surface area contributed by atoms with Crippen molar-refractivity contribution in [3.63, 3.8) is 0 Å². The van der Waals surface area contributed by atoms with E-state index < -0.39 is 0 Å². The summed E-state index contributed by atoms with van der Waals surface area (Å²) in [7, 11) is 0. The van der Waals surface area contributed by atoms with Crippen LogP contribution in [0.15, 0.2) is 66.7 Å². The number of phenolic OH excluding ortho intramolecular Hbond substituents is 1. The number of rotatable bonds is 6. The fraction of sp³-hybridized carbons (Fsp3) is 0.410. The monoisotopic (exact) mass is 673 g/mol. The molecule has 8 rings (SSSR count). The molecule has 1 saturated carbocycles. The quantitative estimate of drug-likeness (QED) is 0.227. The Kier molecular flexibility index (Phi) is 8.82. The molecule has 0 bridgehead atoms. The lowest BCUT2D eigenvalue weighted by molar-refractivity contribution is -0.134. The Morgan fingerprint density at radius 1 is 0.800 bits per heavy atom. The number of phenols is 1. The summed E-state index contributed by atoms with van der Waals surface area (Å²) in [6.07, 6.45) is 7.53. The molecule has 2 saturated heterocycles. The molecule has 50 heavy (non-hydrogen) atoms. The number of anilines is 2. The van der Waals surface area contributed by atoms with Crippen molar-refractivity contribution in [3.05, 3.63) is 78.0 Å². The number of aromatic hydroxyl groups is 1. The number of nitrogens with zero attached hydrogens (tertiary/aromatic N) is 5. The summed E-state index contributed by atoms with van der Waals surface area (Å²) in [6, 6.07) is 21.6. The first-order valence-electron chi connectivity index (χ1n) is 17.9. The Labute approximate surface area is 291 Å². The first-order valence-corrected chi connectivity index (χ1v) is 17.9. The summed E-state index contributed by atoms with van der Waals surface area (Å²) < 4.78 is 6.28. The number of fused-ring (bicyclic) bond motifs is 1. The SMILES string of the molecule is Nc1nnc(-c2ccccc2O)cc1-c1cccc(C2CCN(C3CCC(c4cccc5c4OCCN5[C@H]4CCC(=O)NC4=O)CC3)CC2)n1. The maximum Gasteiger partial charge on any atom is 0.249 e. The van der Waals surface area contributed by atoms with Crippen LogP contribution in [0.25, 0.3) is 22.5 Å². The van der Waals surface area contributed by atoms with Crippen molar-refractivity contribution in [3.8, 4) is 34.0 Å². The van der Waals surface area contributed by atoms with Crippen LogP contribution in [0, 0.1) is 0 Å². The van der Waals surface area contributed by atoms with E-state index in [1.165, 1.54) is 5.56 Å². The number of nitrogens with one attached hydrogen (secondary N) is 1. The van der Waals surface area contributed by atoms with Gasteiger partial charge >= 0.3 is 0 Å². The highest BCUT2D eigenvalue weighted by Crippen LogP contribution is 2.45. The Morgan fingerprint density at radius 3 is 2.40 bits per heavy atom. The van der Waals surface area contributed by atoms with Crippen LogP contribution in [0.2, 0.25) is 0 Å². The zero-order valence-electron chi connectivity index (χ0n) is 28.1. The number of carbonyl (C=O) groups excluding carboxylic acids is 2. The van der Waals surface area contributed by atoms with E-state index in [2.05, 4.69) is 49.6 Å². The van der Waals surface area contributed by atoms with E-state index in [0.29, 0.717) is 66.5 Å². The second kappa shape index (κ2) is 13.7. The number of likely N-dealkylation sites (tertiary alicyclic amines) is 1. The number of amides is 2. The lowest BCUT2D eigenvalue weighted by Crippen LogP contribution is -2.54. The third-order valence-electron chi connectivity index (χ3n) is 11.1. The second-order valence-electron chi connectivity index (χ2n) is 14.0. The number of pyridine rings is 1. The number of carbonyl (C=O) groups is 2. The van der Waals surface area contributed by atoms with Gasteiger partial charge in [-0.15, -0.1) is 10.2 Å². The van der Waals surface area contributed by atoms with Gasteiger partial charge in [0.05, 0.1) is 23.6 Å². The summed E-state index contributed by atoms with van der Waals surface area (Å²) in [4.78, 5) is 34.3. The number of hydrogen-bond donors (Lipinski definition) is 3. The Morgan fingerprint density at radius 2 is 1.60 bits per heavy atom. The van der Waals surface area contributed by atoms with Gasteiger partial charge in [0, 0.05) is 35.2 Å². The summed E-state index contributed by atoms with van der Waals surface area (Å²) in [5.41, 5.74) is 12.2. The molecule has 11 nitrogen and oxygen atoms in total. The van der Waals surface area contributed by atoms with Gasteiger partial charge < -0.3 is 25.4 Å². The van der Waals surface area contributed by atoms with Crippen LogP contribution in [0.5, 0.6) is 11.5 Å². The van der Waals surface area contributed by atoms with Crippen molar-refractivity contribution in [2.45, 2.75) is 75.3 Å². The molecule has 2 amide bonds. The highest BCUT2D eigenvalue weighted by Gasteiger charge is 2.37. The maximum absolute atomic E-state index is 12.7. The number of nitrogen functional groups attached to an aromatic ring is 1. The number of piperidine rings is 2. The number of imide groups is 1. The molecule has 258 valence electrons. The molecule has 4 N–H and O–H groups in total. The van der Waals surface area contributed by atoms with E-state index in [-0.39, 0.29) is 23.6 Å². The zero-order chi connectivity index (χ0) is 34.2. The lowest BCUT2D eigenvalue weighted by Gasteiger charge is -2.42. The minimum Gasteiger partial charge on any atom is -0.507 e. The van der Waals surface area contributed by atoms with Gasteiger partial charge in [-0.3, -0.25) is 19.9 Å². The molecule has 1 aliphatic carbocycles. The number of hydrogen-bond acceptors (Lipinski definition) is 10. The molecule has 0 unspecified atom stereocenters. The summed E-state index contributed by atoms with van der Waals surface area (Å²) in [6.45, 7) is 3.27. The molecule has 2 aromatic carbocycles. The van der Waals surface area contributed by atoms with Gasteiger partial charge in [0.15, 0.2) is 5.82 Å². The second-order valence-corrected chi connectivity index (χ2v) is 14.0. The topological polar surface area (TPSA) is 147 Å². The molecule has 4 aromatic rings. The molecular formula is C39H43N7O4. The van der Waals surface area contributed by atoms with Crippen molar-refractivity contribution in [1.82, 2.24) is 25.4 Å². The zero-order valence-corrected chi connectivity index (χ0v) is 28.1. The summed E-state index contributed by atoms with van der Waals surface area (Å²) >= 11 is 0. The lowest BCUT2D eigenvalue weighted by atomic mass is 9.79. The van der Waals surface area contributed by atoms with Gasteiger partial charge in [0.2, 0.25) is 11.8 Å². The average Bonchev–Trinajstić information content (AvgIpc) is 3.15. The number of ether oxygens (including phenoxy) is 1. The van der Waals surface area contributed by atoms with Crippen LogP contribution >= 0.6 is 0 Å². The number of benzene rings is 2. The molecule has 0 radical (unpaired) electrons. The van der Waals surface area contributed by atoms with E-state index in [4.69, 9.17) is 15.5 Å². The smallest absolute Gasteiger partial charge is 0.249 e. The predicted octanol–water partition coefficient (Wildman–Crippen LogP) is 5.40. The third kappa shape index (κ3) is 6.26. The van der Waals surface area contributed by atoms with E-state index in [1.54, 1.807) is 12.1 Å². The normalized spacial score (nSPS) is 23.2. The van der Waals surface area contributed by atoms with Crippen LogP contribution in [0.1, 0.15) is 74.5 Å². The molecular weight excluding hydrogens is 630 g/mol. The van der Waals surface area contributed by atoms with Crippen LogP contribution < -0.4 is 20.7 Å². The highest BCUT2D eigenvalue weighted by molar-refractivity contribution is 6.02. The number of nitrogens with two attached hydrogens (primary N) is 1. The van der Waals surface area contributed by atoms with E-state index in [0.717, 1.165) is 74.4 Å². The van der Waals surface area contributed by atoms with Crippen LogP contribution in [0.3, 0.4) is 0 Å². The third-order valence-corrected chi connectivity index (χ3v) is 11.1. The van der Waals surface area contributed by atoms with Crippen LogP contribution in [-0.4, -0.2) is 75.3 Å². The van der Waals surface area contributed by atoms with Gasteiger partial charge in [-0.05, 0) is 106 Å². The van der Waals surface area contributed by atoms with Crippen LogP contribution in [0.4, 0.5) is 11.5 Å². The largest absolute Gasteiger partial charge is 0.507 e. The molecule has 3 fully saturated rings. The molecule has 2 aromatic heterocycles. The minimum atomic E-state index is -0.337. The van der Waals surface area contributed by atoms with Crippen LogP contribution in [-0.2, 0) is 9.59 Å². The van der Waals surface area contributed by atoms with Gasteiger partial charge in [-0.1, -0.05) is 30.3 Å². The summed E-state index contributed by atoms with van der Waals surface area (Å²) in [5.74, 6) is 1.78. The number of aromatic nitrogens is 3. The average molecular weight is 674 g/mol. The number of para-hydroxylation sites is 2. The molecule has 11 heteroatoms. The summed E-state index contributed by atoms with van der Waals surface area (Å²) in [5, 5.41) is 21.3. The molecule has 5 heterocycles.